The summed E-state index contributed by atoms with van der Waals surface area (Å²) in [5.41, 5.74) is 1.09. The zero-order chi connectivity index (χ0) is 16.9. The smallest absolute Gasteiger partial charge is 0.225 e. The first-order valence-corrected chi connectivity index (χ1v) is 8.30. The van der Waals surface area contributed by atoms with E-state index in [2.05, 4.69) is 42.8 Å². The summed E-state index contributed by atoms with van der Waals surface area (Å²) in [4.78, 5) is 24.3. The number of aromatic nitrogens is 4. The molecule has 128 valence electrons. The minimum Gasteiger partial charge on any atom is -0.363 e. The van der Waals surface area contributed by atoms with Crippen molar-refractivity contribution in [3.05, 3.63) is 36.5 Å². The molecular formula is C17H25N7. The molecule has 2 aromatic heterocycles. The molecule has 1 aliphatic heterocycles. The number of anilines is 2. The molecule has 7 heteroatoms. The van der Waals surface area contributed by atoms with Crippen LogP contribution in [0.1, 0.15) is 5.69 Å². The molecule has 0 spiro atoms. The van der Waals surface area contributed by atoms with E-state index in [1.807, 2.05) is 25.1 Å². The number of hydrogen-bond acceptors (Lipinski definition) is 7. The predicted octanol–water partition coefficient (Wildman–Crippen LogP) is 0.943. The standard InChI is InChI=1S/C17H25N7/c1-22(2)16-10-15(20-13-21-16)9-14-11-23(3)7-8-24(12-14)17-18-5-4-6-19-17/h4-6,10,13-14H,7-9,11-12H2,1-3H3/t14-/m1/s1. The van der Waals surface area contributed by atoms with Crippen LogP contribution in [0, 0.1) is 5.92 Å². The second-order valence-corrected chi connectivity index (χ2v) is 6.59. The van der Waals surface area contributed by atoms with Crippen LogP contribution < -0.4 is 9.80 Å². The molecule has 0 aromatic carbocycles. The average molecular weight is 327 g/mol. The van der Waals surface area contributed by atoms with E-state index in [1.54, 1.807) is 18.7 Å². The molecule has 0 amide bonds. The van der Waals surface area contributed by atoms with Gasteiger partial charge in [-0.1, -0.05) is 0 Å². The van der Waals surface area contributed by atoms with E-state index in [0.717, 1.165) is 50.1 Å². The molecular weight excluding hydrogens is 302 g/mol. The second kappa shape index (κ2) is 7.53. The van der Waals surface area contributed by atoms with Crippen LogP contribution in [0.3, 0.4) is 0 Å². The van der Waals surface area contributed by atoms with Gasteiger partial charge in [-0.3, -0.25) is 0 Å². The summed E-state index contributed by atoms with van der Waals surface area (Å²) in [5, 5.41) is 0. The Labute approximate surface area is 143 Å². The Bertz CT molecular complexity index is 646. The molecule has 0 radical (unpaired) electrons. The first-order valence-electron chi connectivity index (χ1n) is 8.30. The van der Waals surface area contributed by atoms with Gasteiger partial charge in [-0.25, -0.2) is 19.9 Å². The van der Waals surface area contributed by atoms with Crippen LogP contribution in [-0.4, -0.2) is 72.2 Å². The largest absolute Gasteiger partial charge is 0.363 e. The first-order chi connectivity index (χ1) is 11.6. The van der Waals surface area contributed by atoms with Crippen molar-refractivity contribution in [1.29, 1.82) is 0 Å². The SMILES string of the molecule is CN1CCN(c2ncccn2)C[C@H](Cc2cc(N(C)C)ncn2)C1. The van der Waals surface area contributed by atoms with Gasteiger partial charge in [0.15, 0.2) is 0 Å². The molecule has 3 heterocycles. The van der Waals surface area contributed by atoms with E-state index in [-0.39, 0.29) is 0 Å². The third kappa shape index (κ3) is 4.17. The van der Waals surface area contributed by atoms with E-state index in [9.17, 15) is 0 Å². The van der Waals surface area contributed by atoms with Crippen LogP contribution in [0.2, 0.25) is 0 Å². The number of hydrogen-bond donors (Lipinski definition) is 0. The lowest BCUT2D eigenvalue weighted by atomic mass is 10.0. The van der Waals surface area contributed by atoms with Crippen molar-refractivity contribution >= 4 is 11.8 Å². The molecule has 0 saturated carbocycles. The van der Waals surface area contributed by atoms with Crippen molar-refractivity contribution in [3.63, 3.8) is 0 Å². The van der Waals surface area contributed by atoms with Crippen LogP contribution >= 0.6 is 0 Å². The van der Waals surface area contributed by atoms with Gasteiger partial charge < -0.3 is 14.7 Å². The summed E-state index contributed by atoms with van der Waals surface area (Å²) >= 11 is 0. The Morgan fingerprint density at radius 2 is 1.88 bits per heavy atom. The lowest BCUT2D eigenvalue weighted by Gasteiger charge is -2.24. The van der Waals surface area contributed by atoms with Gasteiger partial charge in [0.05, 0.1) is 0 Å². The lowest BCUT2D eigenvalue weighted by Crippen LogP contribution is -2.32. The monoisotopic (exact) mass is 327 g/mol. The maximum Gasteiger partial charge on any atom is 0.225 e. The average Bonchev–Trinajstić information content (AvgIpc) is 2.77. The van der Waals surface area contributed by atoms with Crippen LogP contribution in [0.25, 0.3) is 0 Å². The van der Waals surface area contributed by atoms with Gasteiger partial charge in [0.25, 0.3) is 0 Å². The van der Waals surface area contributed by atoms with Crippen LogP contribution in [0.15, 0.2) is 30.9 Å². The second-order valence-electron chi connectivity index (χ2n) is 6.59. The summed E-state index contributed by atoms with van der Waals surface area (Å²) in [5.74, 6) is 2.24. The Hall–Kier alpha value is -2.28. The van der Waals surface area contributed by atoms with E-state index in [0.29, 0.717) is 5.92 Å². The molecule has 0 N–H and O–H groups in total. The van der Waals surface area contributed by atoms with Gasteiger partial charge in [-0.2, -0.15) is 0 Å². The fourth-order valence-electron chi connectivity index (χ4n) is 3.09. The molecule has 24 heavy (non-hydrogen) atoms. The number of rotatable bonds is 4. The summed E-state index contributed by atoms with van der Waals surface area (Å²) in [6.07, 6.45) is 6.19. The van der Waals surface area contributed by atoms with Crippen molar-refractivity contribution < 1.29 is 0 Å². The molecule has 3 rings (SSSR count). The zero-order valence-corrected chi connectivity index (χ0v) is 14.6. The van der Waals surface area contributed by atoms with Gasteiger partial charge in [0, 0.05) is 64.4 Å². The van der Waals surface area contributed by atoms with Gasteiger partial charge in [-0.15, -0.1) is 0 Å². The highest BCUT2D eigenvalue weighted by atomic mass is 15.3. The first kappa shape index (κ1) is 16.6. The Kier molecular flexibility index (Phi) is 5.20. The molecule has 0 unspecified atom stereocenters. The molecule has 1 atom stereocenters. The molecule has 7 nitrogen and oxygen atoms in total. The lowest BCUT2D eigenvalue weighted by molar-refractivity contribution is 0.308. The fraction of sp³-hybridized carbons (Fsp3) is 0.529. The van der Waals surface area contributed by atoms with Crippen LogP contribution in [0.5, 0.6) is 0 Å². The summed E-state index contributed by atoms with van der Waals surface area (Å²) in [6, 6.07) is 3.93. The summed E-state index contributed by atoms with van der Waals surface area (Å²) in [6.45, 7) is 3.95. The van der Waals surface area contributed by atoms with Gasteiger partial charge in [0.1, 0.15) is 12.1 Å². The Balaban J connectivity index is 1.74. The highest BCUT2D eigenvalue weighted by molar-refractivity contribution is 5.37. The zero-order valence-electron chi connectivity index (χ0n) is 14.6. The number of nitrogens with zero attached hydrogens (tertiary/aromatic N) is 7. The van der Waals surface area contributed by atoms with E-state index in [1.165, 1.54) is 0 Å². The van der Waals surface area contributed by atoms with Crippen LogP contribution in [-0.2, 0) is 6.42 Å². The van der Waals surface area contributed by atoms with Gasteiger partial charge >= 0.3 is 0 Å². The van der Waals surface area contributed by atoms with Crippen molar-refractivity contribution in [3.8, 4) is 0 Å². The van der Waals surface area contributed by atoms with Crippen molar-refractivity contribution in [2.45, 2.75) is 6.42 Å². The maximum absolute atomic E-state index is 4.46. The Morgan fingerprint density at radius 1 is 1.08 bits per heavy atom. The molecule has 1 aliphatic rings. The quantitative estimate of drug-likeness (QED) is 0.828. The Morgan fingerprint density at radius 3 is 2.62 bits per heavy atom. The summed E-state index contributed by atoms with van der Waals surface area (Å²) in [7, 11) is 6.17. The molecule has 0 aliphatic carbocycles. The third-order valence-electron chi connectivity index (χ3n) is 4.30. The highest BCUT2D eigenvalue weighted by Crippen LogP contribution is 2.18. The fourth-order valence-corrected chi connectivity index (χ4v) is 3.09. The molecule has 0 bridgehead atoms. The minimum absolute atomic E-state index is 0.478. The van der Waals surface area contributed by atoms with Gasteiger partial charge in [-0.05, 0) is 25.5 Å². The summed E-state index contributed by atoms with van der Waals surface area (Å²) < 4.78 is 0. The topological polar surface area (TPSA) is 61.3 Å². The van der Waals surface area contributed by atoms with Crippen molar-refractivity contribution in [2.75, 3.05) is 57.1 Å². The maximum atomic E-state index is 4.46. The van der Waals surface area contributed by atoms with Crippen molar-refractivity contribution in [2.24, 2.45) is 5.92 Å². The molecule has 2 aromatic rings. The molecule has 1 fully saturated rings. The van der Waals surface area contributed by atoms with E-state index >= 15 is 0 Å². The third-order valence-corrected chi connectivity index (χ3v) is 4.30. The minimum atomic E-state index is 0.478. The highest BCUT2D eigenvalue weighted by Gasteiger charge is 2.23. The predicted molar refractivity (Wildman–Crippen MR) is 95.3 cm³/mol. The van der Waals surface area contributed by atoms with Crippen LogP contribution in [0.4, 0.5) is 11.8 Å². The van der Waals surface area contributed by atoms with Crippen molar-refractivity contribution in [1.82, 2.24) is 24.8 Å². The van der Waals surface area contributed by atoms with E-state index < -0.39 is 0 Å². The van der Waals surface area contributed by atoms with E-state index in [4.69, 9.17) is 0 Å². The normalized spacial score (nSPS) is 19.1. The van der Waals surface area contributed by atoms with Gasteiger partial charge in [0.2, 0.25) is 5.95 Å². The number of likely N-dealkylation sites (N-methyl/N-ethyl adjacent to an activating group) is 1. The molecule has 1 saturated heterocycles.